The molecule has 132 valence electrons. The maximum atomic E-state index is 13.3. The minimum Gasteiger partial charge on any atom is -0.356 e. The van der Waals surface area contributed by atoms with Crippen LogP contribution >= 0.6 is 0 Å². The predicted octanol–water partition coefficient (Wildman–Crippen LogP) is 1.93. The summed E-state index contributed by atoms with van der Waals surface area (Å²) in [6.45, 7) is 6.61. The lowest BCUT2D eigenvalue weighted by molar-refractivity contribution is 0.248. The van der Waals surface area contributed by atoms with E-state index in [1.54, 1.807) is 18.6 Å². The van der Waals surface area contributed by atoms with Crippen molar-refractivity contribution in [1.82, 2.24) is 19.9 Å². The average Bonchev–Trinajstić information content (AvgIpc) is 3.17. The Morgan fingerprint density at radius 2 is 1.52 bits per heavy atom. The molecule has 2 aliphatic heterocycles. The lowest BCUT2D eigenvalue weighted by atomic mass is 10.2. The Hall–Kier alpha value is -2.28. The second-order valence-electron chi connectivity index (χ2n) is 6.70. The van der Waals surface area contributed by atoms with E-state index in [-0.39, 0.29) is 5.82 Å². The van der Waals surface area contributed by atoms with E-state index in [0.717, 1.165) is 63.0 Å². The second kappa shape index (κ2) is 7.31. The number of nitrogens with zero attached hydrogens (tertiary/aromatic N) is 6. The van der Waals surface area contributed by atoms with Gasteiger partial charge in [0.25, 0.3) is 0 Å². The van der Waals surface area contributed by atoms with Crippen LogP contribution in [0.25, 0.3) is 0 Å². The molecule has 4 rings (SSSR count). The summed E-state index contributed by atoms with van der Waals surface area (Å²) in [4.78, 5) is 19.8. The fraction of sp³-hybridized carbons (Fsp3) is 0.500. The average molecular weight is 342 g/mol. The van der Waals surface area contributed by atoms with Gasteiger partial charge in [-0.05, 0) is 24.5 Å². The lowest BCUT2D eigenvalue weighted by Gasteiger charge is -2.35. The van der Waals surface area contributed by atoms with Gasteiger partial charge in [-0.1, -0.05) is 0 Å². The summed E-state index contributed by atoms with van der Waals surface area (Å²) in [5.41, 5.74) is 0.923. The third-order valence-electron chi connectivity index (χ3n) is 4.93. The SMILES string of the molecule is Fc1cncc(CN2CCN(c3cc(N4CCCC4)ncn3)CC2)c1. The zero-order chi connectivity index (χ0) is 17.1. The minimum atomic E-state index is -0.272. The third kappa shape index (κ3) is 3.87. The molecule has 4 heterocycles. The molecule has 0 amide bonds. The summed E-state index contributed by atoms with van der Waals surface area (Å²) in [5.74, 6) is 1.77. The zero-order valence-corrected chi connectivity index (χ0v) is 14.3. The van der Waals surface area contributed by atoms with Gasteiger partial charge in [0, 0.05) is 58.1 Å². The van der Waals surface area contributed by atoms with E-state index in [9.17, 15) is 4.39 Å². The molecular formula is C18H23FN6. The normalized spacial score (nSPS) is 18.8. The van der Waals surface area contributed by atoms with Crippen LogP contribution in [-0.2, 0) is 6.54 Å². The van der Waals surface area contributed by atoms with Crippen LogP contribution in [0.1, 0.15) is 18.4 Å². The summed E-state index contributed by atoms with van der Waals surface area (Å²) in [5, 5.41) is 0. The van der Waals surface area contributed by atoms with Crippen molar-refractivity contribution in [3.63, 3.8) is 0 Å². The van der Waals surface area contributed by atoms with Gasteiger partial charge in [-0.25, -0.2) is 14.4 Å². The predicted molar refractivity (Wildman–Crippen MR) is 95.2 cm³/mol. The van der Waals surface area contributed by atoms with E-state index < -0.39 is 0 Å². The summed E-state index contributed by atoms with van der Waals surface area (Å²) < 4.78 is 13.3. The number of rotatable bonds is 4. The Kier molecular flexibility index (Phi) is 4.74. The van der Waals surface area contributed by atoms with Crippen LogP contribution in [0.3, 0.4) is 0 Å². The molecule has 0 saturated carbocycles. The van der Waals surface area contributed by atoms with E-state index in [1.165, 1.54) is 19.0 Å². The molecule has 0 bridgehead atoms. The van der Waals surface area contributed by atoms with Crippen molar-refractivity contribution >= 4 is 11.6 Å². The smallest absolute Gasteiger partial charge is 0.141 e. The number of aromatic nitrogens is 3. The Balaban J connectivity index is 1.36. The van der Waals surface area contributed by atoms with Crippen molar-refractivity contribution in [1.29, 1.82) is 0 Å². The highest BCUT2D eigenvalue weighted by Gasteiger charge is 2.20. The second-order valence-corrected chi connectivity index (χ2v) is 6.70. The van der Waals surface area contributed by atoms with Gasteiger partial charge in [-0.2, -0.15) is 0 Å². The van der Waals surface area contributed by atoms with Crippen LogP contribution in [0.4, 0.5) is 16.0 Å². The zero-order valence-electron chi connectivity index (χ0n) is 14.3. The first-order valence-electron chi connectivity index (χ1n) is 8.92. The summed E-state index contributed by atoms with van der Waals surface area (Å²) in [6, 6.07) is 3.67. The lowest BCUT2D eigenvalue weighted by Crippen LogP contribution is -2.46. The molecule has 2 aliphatic rings. The molecule has 0 aromatic carbocycles. The summed E-state index contributed by atoms with van der Waals surface area (Å²) >= 11 is 0. The fourth-order valence-corrected chi connectivity index (χ4v) is 3.56. The van der Waals surface area contributed by atoms with Crippen molar-refractivity contribution in [3.05, 3.63) is 42.2 Å². The number of hydrogen-bond donors (Lipinski definition) is 0. The van der Waals surface area contributed by atoms with Crippen LogP contribution < -0.4 is 9.80 Å². The van der Waals surface area contributed by atoms with Crippen molar-refractivity contribution in [2.45, 2.75) is 19.4 Å². The van der Waals surface area contributed by atoms with E-state index in [2.05, 4.69) is 35.7 Å². The van der Waals surface area contributed by atoms with Crippen molar-refractivity contribution in [2.24, 2.45) is 0 Å². The topological polar surface area (TPSA) is 48.4 Å². The highest BCUT2D eigenvalue weighted by molar-refractivity contribution is 5.50. The number of anilines is 2. The molecule has 0 aliphatic carbocycles. The van der Waals surface area contributed by atoms with Crippen molar-refractivity contribution in [3.8, 4) is 0 Å². The molecule has 7 heteroatoms. The molecule has 2 aromatic heterocycles. The maximum absolute atomic E-state index is 13.3. The first-order valence-corrected chi connectivity index (χ1v) is 8.92. The molecule has 2 fully saturated rings. The molecular weight excluding hydrogens is 319 g/mol. The third-order valence-corrected chi connectivity index (χ3v) is 4.93. The van der Waals surface area contributed by atoms with E-state index in [0.29, 0.717) is 0 Å². The van der Waals surface area contributed by atoms with Gasteiger partial charge >= 0.3 is 0 Å². The first kappa shape index (κ1) is 16.2. The van der Waals surface area contributed by atoms with Gasteiger partial charge in [-0.3, -0.25) is 9.88 Å². The van der Waals surface area contributed by atoms with Gasteiger partial charge in [0.05, 0.1) is 6.20 Å². The number of piperazine rings is 1. The Labute approximate surface area is 147 Å². The monoisotopic (exact) mass is 342 g/mol. The largest absolute Gasteiger partial charge is 0.356 e. The Bertz CT molecular complexity index is 710. The molecule has 0 radical (unpaired) electrons. The number of halogens is 1. The van der Waals surface area contributed by atoms with Crippen LogP contribution in [0.2, 0.25) is 0 Å². The minimum absolute atomic E-state index is 0.272. The molecule has 0 N–H and O–H groups in total. The number of hydrogen-bond acceptors (Lipinski definition) is 6. The first-order chi connectivity index (χ1) is 12.3. The molecule has 25 heavy (non-hydrogen) atoms. The van der Waals surface area contributed by atoms with Crippen LogP contribution in [0.15, 0.2) is 30.9 Å². The van der Waals surface area contributed by atoms with Gasteiger partial charge in [0.2, 0.25) is 0 Å². The summed E-state index contributed by atoms with van der Waals surface area (Å²) in [7, 11) is 0. The van der Waals surface area contributed by atoms with Gasteiger partial charge in [0.15, 0.2) is 0 Å². The van der Waals surface area contributed by atoms with Crippen molar-refractivity contribution in [2.75, 3.05) is 49.1 Å². The van der Waals surface area contributed by atoms with E-state index in [1.807, 2.05) is 0 Å². The molecule has 6 nitrogen and oxygen atoms in total. The molecule has 0 atom stereocenters. The van der Waals surface area contributed by atoms with E-state index >= 15 is 0 Å². The Morgan fingerprint density at radius 1 is 0.840 bits per heavy atom. The Morgan fingerprint density at radius 3 is 2.20 bits per heavy atom. The summed E-state index contributed by atoms with van der Waals surface area (Å²) in [6.07, 6.45) is 7.14. The fourth-order valence-electron chi connectivity index (χ4n) is 3.56. The van der Waals surface area contributed by atoms with Crippen LogP contribution in [0, 0.1) is 5.82 Å². The van der Waals surface area contributed by atoms with Gasteiger partial charge in [-0.15, -0.1) is 0 Å². The van der Waals surface area contributed by atoms with E-state index in [4.69, 9.17) is 0 Å². The van der Waals surface area contributed by atoms with Gasteiger partial charge < -0.3 is 9.80 Å². The molecule has 0 unspecified atom stereocenters. The quantitative estimate of drug-likeness (QED) is 0.846. The van der Waals surface area contributed by atoms with Crippen molar-refractivity contribution < 1.29 is 4.39 Å². The van der Waals surface area contributed by atoms with Crippen LogP contribution in [0.5, 0.6) is 0 Å². The maximum Gasteiger partial charge on any atom is 0.141 e. The number of pyridine rings is 1. The van der Waals surface area contributed by atoms with Crippen LogP contribution in [-0.4, -0.2) is 59.1 Å². The van der Waals surface area contributed by atoms with Gasteiger partial charge in [0.1, 0.15) is 23.8 Å². The molecule has 2 aromatic rings. The molecule has 2 saturated heterocycles. The highest BCUT2D eigenvalue weighted by Crippen LogP contribution is 2.22. The highest BCUT2D eigenvalue weighted by atomic mass is 19.1. The molecule has 0 spiro atoms. The standard InChI is InChI=1S/C18H23FN6/c19-16-9-15(11-20-12-16)13-23-5-7-25(8-6-23)18-10-17(21-14-22-18)24-3-1-2-4-24/h9-12,14H,1-8,13H2.